The zero-order valence-corrected chi connectivity index (χ0v) is 18.0. The minimum atomic E-state index is -3.86. The molecule has 2 aromatic rings. The summed E-state index contributed by atoms with van der Waals surface area (Å²) < 4.78 is 38.7. The SMILES string of the molecule is COc1ccc(S(=O)(=O)N[C@H](C(=O)N(C)CCOc2ccccc2)C(C)C)cc1. The van der Waals surface area contributed by atoms with Crippen LogP contribution in [0.5, 0.6) is 11.5 Å². The van der Waals surface area contributed by atoms with E-state index in [0.29, 0.717) is 24.7 Å². The van der Waals surface area contributed by atoms with E-state index in [0.717, 1.165) is 0 Å². The summed E-state index contributed by atoms with van der Waals surface area (Å²) in [6.45, 7) is 4.24. The van der Waals surface area contributed by atoms with Gasteiger partial charge in [0.1, 0.15) is 24.1 Å². The van der Waals surface area contributed by atoms with Gasteiger partial charge in [0.25, 0.3) is 0 Å². The predicted molar refractivity (Wildman–Crippen MR) is 112 cm³/mol. The number of carbonyl (C=O) groups excluding carboxylic acids is 1. The van der Waals surface area contributed by atoms with Gasteiger partial charge in [-0.1, -0.05) is 32.0 Å². The van der Waals surface area contributed by atoms with Gasteiger partial charge in [0.2, 0.25) is 15.9 Å². The third-order valence-corrected chi connectivity index (χ3v) is 5.86. The van der Waals surface area contributed by atoms with E-state index in [-0.39, 0.29) is 16.7 Å². The van der Waals surface area contributed by atoms with E-state index in [9.17, 15) is 13.2 Å². The molecule has 0 saturated carbocycles. The van der Waals surface area contributed by atoms with Crippen LogP contribution >= 0.6 is 0 Å². The number of hydrogen-bond donors (Lipinski definition) is 1. The highest BCUT2D eigenvalue weighted by atomic mass is 32.2. The normalized spacial score (nSPS) is 12.4. The van der Waals surface area contributed by atoms with Gasteiger partial charge >= 0.3 is 0 Å². The molecule has 0 unspecified atom stereocenters. The van der Waals surface area contributed by atoms with Gasteiger partial charge in [0.05, 0.1) is 18.6 Å². The molecule has 7 nitrogen and oxygen atoms in total. The van der Waals surface area contributed by atoms with Crippen molar-refractivity contribution in [3.8, 4) is 11.5 Å². The number of rotatable bonds is 10. The fourth-order valence-corrected chi connectivity index (χ4v) is 3.96. The first-order valence-corrected chi connectivity index (χ1v) is 10.8. The molecule has 1 amide bonds. The highest BCUT2D eigenvalue weighted by Gasteiger charge is 2.30. The number of carbonyl (C=O) groups is 1. The molecule has 0 aliphatic rings. The lowest BCUT2D eigenvalue weighted by molar-refractivity contribution is -0.133. The van der Waals surface area contributed by atoms with Gasteiger partial charge in [0, 0.05) is 7.05 Å². The van der Waals surface area contributed by atoms with Crippen molar-refractivity contribution in [1.29, 1.82) is 0 Å². The van der Waals surface area contributed by atoms with Crippen LogP contribution in [0.15, 0.2) is 59.5 Å². The molecule has 2 aromatic carbocycles. The Kier molecular flexibility index (Phi) is 8.04. The number of likely N-dealkylation sites (N-methyl/N-ethyl adjacent to an activating group) is 1. The number of hydrogen-bond acceptors (Lipinski definition) is 5. The Morgan fingerprint density at radius 3 is 2.21 bits per heavy atom. The second-order valence-electron chi connectivity index (χ2n) is 6.94. The molecule has 0 aromatic heterocycles. The van der Waals surface area contributed by atoms with Crippen LogP contribution in [0.2, 0.25) is 0 Å². The van der Waals surface area contributed by atoms with E-state index in [1.54, 1.807) is 33.0 Å². The lowest BCUT2D eigenvalue weighted by Gasteiger charge is -2.27. The Bertz CT molecular complexity index is 883. The summed E-state index contributed by atoms with van der Waals surface area (Å²) in [7, 11) is -0.717. The fraction of sp³-hybridized carbons (Fsp3) is 0.381. The third kappa shape index (κ3) is 6.47. The van der Waals surface area contributed by atoms with Crippen LogP contribution in [0.3, 0.4) is 0 Å². The number of amides is 1. The second kappa shape index (κ2) is 10.3. The van der Waals surface area contributed by atoms with Gasteiger partial charge in [-0.3, -0.25) is 4.79 Å². The van der Waals surface area contributed by atoms with Crippen molar-refractivity contribution >= 4 is 15.9 Å². The molecule has 0 radical (unpaired) electrons. The summed E-state index contributed by atoms with van der Waals surface area (Å²) in [6, 6.07) is 14.4. The van der Waals surface area contributed by atoms with Gasteiger partial charge < -0.3 is 14.4 Å². The Morgan fingerprint density at radius 1 is 1.03 bits per heavy atom. The second-order valence-corrected chi connectivity index (χ2v) is 8.65. The Balaban J connectivity index is 2.01. The van der Waals surface area contributed by atoms with Crippen LogP contribution in [0, 0.1) is 5.92 Å². The molecule has 158 valence electrons. The zero-order chi connectivity index (χ0) is 21.4. The number of nitrogens with one attached hydrogen (secondary N) is 1. The van der Waals surface area contributed by atoms with E-state index in [2.05, 4.69) is 4.72 Å². The number of nitrogens with zero attached hydrogens (tertiary/aromatic N) is 1. The van der Waals surface area contributed by atoms with Crippen LogP contribution in [0.1, 0.15) is 13.8 Å². The maximum absolute atomic E-state index is 12.9. The van der Waals surface area contributed by atoms with Crippen LogP contribution in [0.4, 0.5) is 0 Å². The van der Waals surface area contributed by atoms with E-state index in [1.807, 2.05) is 30.3 Å². The summed E-state index contributed by atoms with van der Waals surface area (Å²) >= 11 is 0. The van der Waals surface area contributed by atoms with Crippen LogP contribution in [-0.2, 0) is 14.8 Å². The molecule has 1 N–H and O–H groups in total. The standard InChI is InChI=1S/C21H28N2O5S/c1-16(2)20(22-29(25,26)19-12-10-17(27-4)11-13-19)21(24)23(3)14-15-28-18-8-6-5-7-9-18/h5-13,16,20,22H,14-15H2,1-4H3/t20-/m0/s1. The van der Waals surface area contributed by atoms with E-state index in [4.69, 9.17) is 9.47 Å². The lowest BCUT2D eigenvalue weighted by atomic mass is 10.0. The highest BCUT2D eigenvalue weighted by Crippen LogP contribution is 2.17. The molecule has 0 spiro atoms. The Hall–Kier alpha value is -2.58. The highest BCUT2D eigenvalue weighted by molar-refractivity contribution is 7.89. The van der Waals surface area contributed by atoms with Gasteiger partial charge in [-0.25, -0.2) is 8.42 Å². The Labute approximate surface area is 172 Å². The third-order valence-electron chi connectivity index (χ3n) is 4.40. The number of ether oxygens (including phenoxy) is 2. The summed E-state index contributed by atoms with van der Waals surface area (Å²) in [6.07, 6.45) is 0. The lowest BCUT2D eigenvalue weighted by Crippen LogP contribution is -2.50. The van der Waals surface area contributed by atoms with Crippen molar-refractivity contribution < 1.29 is 22.7 Å². The molecule has 29 heavy (non-hydrogen) atoms. The van der Waals surface area contributed by atoms with Crippen molar-refractivity contribution in [2.24, 2.45) is 5.92 Å². The molecule has 0 bridgehead atoms. The van der Waals surface area contributed by atoms with Gasteiger partial charge in [-0.2, -0.15) is 4.72 Å². The van der Waals surface area contributed by atoms with E-state index in [1.165, 1.54) is 24.1 Å². The van der Waals surface area contributed by atoms with E-state index >= 15 is 0 Å². The van der Waals surface area contributed by atoms with Crippen molar-refractivity contribution in [1.82, 2.24) is 9.62 Å². The van der Waals surface area contributed by atoms with Crippen LogP contribution in [0.25, 0.3) is 0 Å². The van der Waals surface area contributed by atoms with E-state index < -0.39 is 16.1 Å². The van der Waals surface area contributed by atoms with Crippen LogP contribution in [-0.4, -0.2) is 52.6 Å². The first-order chi connectivity index (χ1) is 13.7. The molecule has 0 aliphatic carbocycles. The maximum atomic E-state index is 12.9. The molecular formula is C21H28N2O5S. The average Bonchev–Trinajstić information content (AvgIpc) is 2.72. The van der Waals surface area contributed by atoms with Crippen molar-refractivity contribution in [2.45, 2.75) is 24.8 Å². The monoisotopic (exact) mass is 420 g/mol. The van der Waals surface area contributed by atoms with Gasteiger partial charge in [-0.05, 0) is 42.3 Å². The Morgan fingerprint density at radius 2 is 1.66 bits per heavy atom. The number of methoxy groups -OCH3 is 1. The molecule has 0 aliphatic heterocycles. The number of sulfonamides is 1. The minimum Gasteiger partial charge on any atom is -0.497 e. The average molecular weight is 421 g/mol. The zero-order valence-electron chi connectivity index (χ0n) is 17.2. The minimum absolute atomic E-state index is 0.0758. The predicted octanol–water partition coefficient (Wildman–Crippen LogP) is 2.54. The summed E-state index contributed by atoms with van der Waals surface area (Å²) in [5.41, 5.74) is 0. The van der Waals surface area contributed by atoms with Gasteiger partial charge in [0.15, 0.2) is 0 Å². The number of para-hydroxylation sites is 1. The molecular weight excluding hydrogens is 392 g/mol. The molecule has 0 saturated heterocycles. The molecule has 8 heteroatoms. The van der Waals surface area contributed by atoms with Crippen molar-refractivity contribution in [2.75, 3.05) is 27.3 Å². The molecule has 0 heterocycles. The summed E-state index contributed by atoms with van der Waals surface area (Å²) in [5, 5.41) is 0. The molecule has 2 rings (SSSR count). The quantitative estimate of drug-likeness (QED) is 0.638. The fourth-order valence-electron chi connectivity index (χ4n) is 2.63. The first kappa shape index (κ1) is 22.7. The maximum Gasteiger partial charge on any atom is 0.241 e. The van der Waals surface area contributed by atoms with Crippen molar-refractivity contribution in [3.63, 3.8) is 0 Å². The molecule has 1 atom stereocenters. The number of benzene rings is 2. The first-order valence-electron chi connectivity index (χ1n) is 9.34. The van der Waals surface area contributed by atoms with Crippen molar-refractivity contribution in [3.05, 3.63) is 54.6 Å². The largest absolute Gasteiger partial charge is 0.497 e. The summed E-state index contributed by atoms with van der Waals surface area (Å²) in [4.78, 5) is 14.4. The smallest absolute Gasteiger partial charge is 0.241 e. The van der Waals surface area contributed by atoms with Gasteiger partial charge in [-0.15, -0.1) is 0 Å². The topological polar surface area (TPSA) is 84.9 Å². The van der Waals surface area contributed by atoms with Crippen LogP contribution < -0.4 is 14.2 Å². The summed E-state index contributed by atoms with van der Waals surface area (Å²) in [5.74, 6) is 0.731. The molecule has 0 fully saturated rings.